The predicted octanol–water partition coefficient (Wildman–Crippen LogP) is 1.76. The van der Waals surface area contributed by atoms with Gasteiger partial charge < -0.3 is 9.52 Å². The molecule has 1 heterocycles. The van der Waals surface area contributed by atoms with Crippen molar-refractivity contribution in [3.63, 3.8) is 0 Å². The maximum atomic E-state index is 8.85. The molecule has 0 aliphatic carbocycles. The highest BCUT2D eigenvalue weighted by Crippen LogP contribution is 2.12. The maximum absolute atomic E-state index is 8.85. The quantitative estimate of drug-likeness (QED) is 0.747. The monoisotopic (exact) mass is 169 g/mol. The lowest BCUT2D eigenvalue weighted by Crippen LogP contribution is -1.95. The molecule has 0 amide bonds. The Morgan fingerprint density at radius 2 is 2.33 bits per heavy atom. The number of hydrogen-bond donors (Lipinski definition) is 1. The molecule has 0 saturated carbocycles. The summed E-state index contributed by atoms with van der Waals surface area (Å²) in [5, 5.41) is 8.85. The Morgan fingerprint density at radius 1 is 1.58 bits per heavy atom. The number of aliphatic hydroxyl groups is 1. The van der Waals surface area contributed by atoms with Crippen molar-refractivity contribution in [2.45, 2.75) is 33.3 Å². The molecule has 12 heavy (non-hydrogen) atoms. The highest BCUT2D eigenvalue weighted by molar-refractivity contribution is 5.05. The Morgan fingerprint density at radius 3 is 2.92 bits per heavy atom. The summed E-state index contributed by atoms with van der Waals surface area (Å²) < 4.78 is 5.13. The van der Waals surface area contributed by atoms with Crippen molar-refractivity contribution in [1.29, 1.82) is 0 Å². The summed E-state index contributed by atoms with van der Waals surface area (Å²) in [7, 11) is 0. The molecule has 1 N–H and O–H groups in total. The minimum atomic E-state index is -0.0239. The topological polar surface area (TPSA) is 46.3 Å². The van der Waals surface area contributed by atoms with E-state index in [4.69, 9.17) is 9.52 Å². The van der Waals surface area contributed by atoms with E-state index in [1.807, 2.05) is 0 Å². The molecule has 0 radical (unpaired) electrons. The van der Waals surface area contributed by atoms with Gasteiger partial charge in [0.15, 0.2) is 6.39 Å². The third-order valence-corrected chi connectivity index (χ3v) is 1.82. The van der Waals surface area contributed by atoms with Gasteiger partial charge in [-0.25, -0.2) is 4.98 Å². The summed E-state index contributed by atoms with van der Waals surface area (Å²) >= 11 is 0. The van der Waals surface area contributed by atoms with Crippen LogP contribution in [0, 0.1) is 5.92 Å². The molecule has 0 saturated heterocycles. The Hall–Kier alpha value is -0.830. The van der Waals surface area contributed by atoms with Crippen molar-refractivity contribution in [3.8, 4) is 0 Å². The van der Waals surface area contributed by atoms with E-state index < -0.39 is 0 Å². The number of aromatic nitrogens is 1. The number of hydrogen-bond acceptors (Lipinski definition) is 3. The standard InChI is InChI=1S/C9H15NO2/c1-7(2)3-4-9-8(5-11)10-6-12-9/h6-7,11H,3-5H2,1-2H3. The molecule has 0 aliphatic rings. The molecular weight excluding hydrogens is 154 g/mol. The second kappa shape index (κ2) is 4.26. The number of nitrogens with zero attached hydrogens (tertiary/aromatic N) is 1. The zero-order valence-electron chi connectivity index (χ0n) is 7.58. The Labute approximate surface area is 72.4 Å². The molecule has 0 fully saturated rings. The molecule has 0 atom stereocenters. The molecule has 3 nitrogen and oxygen atoms in total. The highest BCUT2D eigenvalue weighted by atomic mass is 16.3. The first kappa shape index (κ1) is 9.26. The van der Waals surface area contributed by atoms with E-state index in [0.717, 1.165) is 18.6 Å². The first-order valence-electron chi connectivity index (χ1n) is 4.26. The fourth-order valence-corrected chi connectivity index (χ4v) is 1.05. The van der Waals surface area contributed by atoms with Gasteiger partial charge in [0, 0.05) is 6.42 Å². The molecule has 0 bridgehead atoms. The van der Waals surface area contributed by atoms with Crippen LogP contribution < -0.4 is 0 Å². The summed E-state index contributed by atoms with van der Waals surface area (Å²) in [4.78, 5) is 3.90. The van der Waals surface area contributed by atoms with Gasteiger partial charge >= 0.3 is 0 Å². The van der Waals surface area contributed by atoms with Crippen LogP contribution in [0.1, 0.15) is 31.7 Å². The van der Waals surface area contributed by atoms with Crippen LogP contribution in [-0.4, -0.2) is 10.1 Å². The highest BCUT2D eigenvalue weighted by Gasteiger charge is 2.06. The second-order valence-corrected chi connectivity index (χ2v) is 3.31. The van der Waals surface area contributed by atoms with Crippen LogP contribution in [0.4, 0.5) is 0 Å². The minimum absolute atomic E-state index is 0.0239. The van der Waals surface area contributed by atoms with Crippen LogP contribution in [0.5, 0.6) is 0 Å². The van der Waals surface area contributed by atoms with E-state index in [0.29, 0.717) is 11.6 Å². The van der Waals surface area contributed by atoms with Gasteiger partial charge in [0.05, 0.1) is 6.61 Å². The van der Waals surface area contributed by atoms with Crippen LogP contribution in [0.2, 0.25) is 0 Å². The number of rotatable bonds is 4. The van der Waals surface area contributed by atoms with E-state index in [1.165, 1.54) is 6.39 Å². The number of aryl methyl sites for hydroxylation is 1. The first-order valence-corrected chi connectivity index (χ1v) is 4.26. The van der Waals surface area contributed by atoms with Crippen molar-refractivity contribution in [3.05, 3.63) is 17.8 Å². The number of aliphatic hydroxyl groups excluding tert-OH is 1. The van der Waals surface area contributed by atoms with E-state index in [9.17, 15) is 0 Å². The smallest absolute Gasteiger partial charge is 0.181 e. The Bertz CT molecular complexity index is 230. The fraction of sp³-hybridized carbons (Fsp3) is 0.667. The molecule has 1 aromatic heterocycles. The van der Waals surface area contributed by atoms with Gasteiger partial charge in [-0.1, -0.05) is 13.8 Å². The average Bonchev–Trinajstić information content (AvgIpc) is 2.47. The van der Waals surface area contributed by atoms with E-state index in [2.05, 4.69) is 18.8 Å². The van der Waals surface area contributed by atoms with Gasteiger partial charge in [0.25, 0.3) is 0 Å². The zero-order chi connectivity index (χ0) is 8.97. The molecule has 0 unspecified atom stereocenters. The third kappa shape index (κ3) is 2.34. The van der Waals surface area contributed by atoms with Crippen LogP contribution in [0.15, 0.2) is 10.8 Å². The van der Waals surface area contributed by atoms with Gasteiger partial charge in [0.2, 0.25) is 0 Å². The van der Waals surface area contributed by atoms with Crippen molar-refractivity contribution in [2.75, 3.05) is 0 Å². The molecule has 1 rings (SSSR count). The molecular formula is C9H15NO2. The van der Waals surface area contributed by atoms with Gasteiger partial charge in [-0.05, 0) is 12.3 Å². The third-order valence-electron chi connectivity index (χ3n) is 1.82. The molecule has 0 spiro atoms. The lowest BCUT2D eigenvalue weighted by molar-refractivity contribution is 0.274. The predicted molar refractivity (Wildman–Crippen MR) is 45.6 cm³/mol. The molecule has 1 aromatic rings. The zero-order valence-corrected chi connectivity index (χ0v) is 7.58. The molecule has 0 aliphatic heterocycles. The summed E-state index contributed by atoms with van der Waals surface area (Å²) in [6, 6.07) is 0. The summed E-state index contributed by atoms with van der Waals surface area (Å²) in [5.41, 5.74) is 0.677. The van der Waals surface area contributed by atoms with E-state index in [1.54, 1.807) is 0 Å². The normalized spacial score (nSPS) is 11.0. The average molecular weight is 169 g/mol. The van der Waals surface area contributed by atoms with Gasteiger partial charge in [-0.2, -0.15) is 0 Å². The molecule has 0 aromatic carbocycles. The van der Waals surface area contributed by atoms with Crippen molar-refractivity contribution in [1.82, 2.24) is 4.98 Å². The SMILES string of the molecule is CC(C)CCc1ocnc1CO. The van der Waals surface area contributed by atoms with Gasteiger partial charge in [0.1, 0.15) is 11.5 Å². The fourth-order valence-electron chi connectivity index (χ4n) is 1.05. The van der Waals surface area contributed by atoms with Crippen LogP contribution >= 0.6 is 0 Å². The van der Waals surface area contributed by atoms with Crippen molar-refractivity contribution < 1.29 is 9.52 Å². The summed E-state index contributed by atoms with van der Waals surface area (Å²) in [5.74, 6) is 1.48. The van der Waals surface area contributed by atoms with Gasteiger partial charge in [-0.3, -0.25) is 0 Å². The van der Waals surface area contributed by atoms with E-state index in [-0.39, 0.29) is 6.61 Å². The Kier molecular flexibility index (Phi) is 3.29. The van der Waals surface area contributed by atoms with Crippen LogP contribution in [0.3, 0.4) is 0 Å². The maximum Gasteiger partial charge on any atom is 0.181 e. The van der Waals surface area contributed by atoms with Crippen molar-refractivity contribution >= 4 is 0 Å². The summed E-state index contributed by atoms with van der Waals surface area (Å²) in [6.07, 6.45) is 3.33. The minimum Gasteiger partial charge on any atom is -0.448 e. The number of oxazole rings is 1. The second-order valence-electron chi connectivity index (χ2n) is 3.31. The summed E-state index contributed by atoms with van der Waals surface area (Å²) in [6.45, 7) is 4.30. The molecule has 68 valence electrons. The first-order chi connectivity index (χ1) is 5.74. The van der Waals surface area contributed by atoms with E-state index >= 15 is 0 Å². The van der Waals surface area contributed by atoms with Crippen LogP contribution in [0.25, 0.3) is 0 Å². The Balaban J connectivity index is 2.50. The largest absolute Gasteiger partial charge is 0.448 e. The lowest BCUT2D eigenvalue weighted by Gasteiger charge is -2.01. The van der Waals surface area contributed by atoms with Crippen molar-refractivity contribution in [2.24, 2.45) is 5.92 Å². The van der Waals surface area contributed by atoms with Gasteiger partial charge in [-0.15, -0.1) is 0 Å². The van der Waals surface area contributed by atoms with Crippen LogP contribution in [-0.2, 0) is 13.0 Å². The lowest BCUT2D eigenvalue weighted by atomic mass is 10.1. The molecule has 3 heteroatoms.